The highest BCUT2D eigenvalue weighted by Crippen LogP contribution is 2.32. The summed E-state index contributed by atoms with van der Waals surface area (Å²) in [7, 11) is 1.82. The van der Waals surface area contributed by atoms with Crippen molar-refractivity contribution < 1.29 is 4.79 Å². The monoisotopic (exact) mass is 292 g/mol. The standard InChI is InChI=1S/C14H20N4OS/c1-8(2)7-9(3)18(4)14(19)12-11(15)10-5-6-16-17-13(10)20-12/h5-6,8-9H,7,15H2,1-4H3. The molecule has 20 heavy (non-hydrogen) atoms. The normalized spacial score (nSPS) is 12.8. The molecule has 0 aliphatic carbocycles. The fourth-order valence-corrected chi connectivity index (χ4v) is 3.25. The van der Waals surface area contributed by atoms with Crippen molar-refractivity contribution in [3.63, 3.8) is 0 Å². The molecular formula is C14H20N4OS. The first kappa shape index (κ1) is 14.7. The van der Waals surface area contributed by atoms with E-state index in [1.54, 1.807) is 17.2 Å². The lowest BCUT2D eigenvalue weighted by Crippen LogP contribution is -2.35. The molecule has 1 atom stereocenters. The van der Waals surface area contributed by atoms with Gasteiger partial charge in [0.2, 0.25) is 0 Å². The highest BCUT2D eigenvalue weighted by atomic mass is 32.1. The van der Waals surface area contributed by atoms with Crippen LogP contribution in [0.5, 0.6) is 0 Å². The van der Waals surface area contributed by atoms with Crippen LogP contribution in [0, 0.1) is 5.92 Å². The number of nitrogen functional groups attached to an aromatic ring is 1. The maximum absolute atomic E-state index is 12.6. The van der Waals surface area contributed by atoms with Gasteiger partial charge in [-0.15, -0.1) is 16.4 Å². The minimum absolute atomic E-state index is 0.0429. The third-order valence-electron chi connectivity index (χ3n) is 3.41. The number of fused-ring (bicyclic) bond motifs is 1. The predicted octanol–water partition coefficient (Wildman–Crippen LogP) is 2.78. The predicted molar refractivity (Wildman–Crippen MR) is 82.8 cm³/mol. The first-order valence-corrected chi connectivity index (χ1v) is 7.50. The van der Waals surface area contributed by atoms with Gasteiger partial charge in [-0.1, -0.05) is 13.8 Å². The molecule has 2 aromatic rings. The zero-order valence-electron chi connectivity index (χ0n) is 12.3. The number of hydrogen-bond donors (Lipinski definition) is 1. The molecule has 0 aliphatic heterocycles. The zero-order chi connectivity index (χ0) is 14.9. The average molecular weight is 292 g/mol. The molecule has 1 amide bonds. The highest BCUT2D eigenvalue weighted by molar-refractivity contribution is 7.21. The molecule has 6 heteroatoms. The molecule has 0 saturated heterocycles. The van der Waals surface area contributed by atoms with Gasteiger partial charge < -0.3 is 10.6 Å². The van der Waals surface area contributed by atoms with Crippen LogP contribution in [0.1, 0.15) is 36.9 Å². The summed E-state index contributed by atoms with van der Waals surface area (Å²) in [6, 6.07) is 1.97. The van der Waals surface area contributed by atoms with Gasteiger partial charge in [-0.3, -0.25) is 4.79 Å². The second-order valence-corrected chi connectivity index (χ2v) is 6.49. The van der Waals surface area contributed by atoms with Crippen LogP contribution in [-0.2, 0) is 0 Å². The lowest BCUT2D eigenvalue weighted by atomic mass is 10.0. The topological polar surface area (TPSA) is 72.1 Å². The molecule has 0 saturated carbocycles. The maximum atomic E-state index is 12.6. The summed E-state index contributed by atoms with van der Waals surface area (Å²) in [5, 5.41) is 8.65. The van der Waals surface area contributed by atoms with E-state index in [2.05, 4.69) is 31.0 Å². The smallest absolute Gasteiger partial charge is 0.266 e. The summed E-state index contributed by atoms with van der Waals surface area (Å²) in [5.41, 5.74) is 6.58. The van der Waals surface area contributed by atoms with Gasteiger partial charge in [-0.05, 0) is 25.3 Å². The number of carbonyl (C=O) groups excluding carboxylic acids is 1. The number of nitrogens with zero attached hydrogens (tertiary/aromatic N) is 3. The molecule has 0 spiro atoms. The summed E-state index contributed by atoms with van der Waals surface area (Å²) < 4.78 is 0. The lowest BCUT2D eigenvalue weighted by molar-refractivity contribution is 0.0734. The van der Waals surface area contributed by atoms with Crippen molar-refractivity contribution in [2.45, 2.75) is 33.2 Å². The highest BCUT2D eigenvalue weighted by Gasteiger charge is 2.23. The summed E-state index contributed by atoms with van der Waals surface area (Å²) in [4.78, 5) is 15.6. The molecule has 2 heterocycles. The number of anilines is 1. The zero-order valence-corrected chi connectivity index (χ0v) is 13.1. The van der Waals surface area contributed by atoms with Crippen molar-refractivity contribution in [2.75, 3.05) is 12.8 Å². The van der Waals surface area contributed by atoms with E-state index in [0.29, 0.717) is 21.3 Å². The third kappa shape index (κ3) is 2.75. The van der Waals surface area contributed by atoms with Crippen LogP contribution >= 0.6 is 11.3 Å². The van der Waals surface area contributed by atoms with E-state index in [4.69, 9.17) is 5.73 Å². The Morgan fingerprint density at radius 2 is 2.15 bits per heavy atom. The molecule has 108 valence electrons. The average Bonchev–Trinajstić information content (AvgIpc) is 2.74. The second kappa shape index (κ2) is 5.75. The minimum Gasteiger partial charge on any atom is -0.397 e. The minimum atomic E-state index is -0.0429. The molecule has 1 unspecified atom stereocenters. The fraction of sp³-hybridized carbons (Fsp3) is 0.500. The molecule has 0 aromatic carbocycles. The number of nitrogens with two attached hydrogens (primary N) is 1. The number of rotatable bonds is 4. The summed E-state index contributed by atoms with van der Waals surface area (Å²) >= 11 is 1.31. The van der Waals surface area contributed by atoms with Gasteiger partial charge in [-0.25, -0.2) is 0 Å². The van der Waals surface area contributed by atoms with Crippen LogP contribution in [0.4, 0.5) is 5.69 Å². The molecule has 2 rings (SSSR count). The van der Waals surface area contributed by atoms with E-state index >= 15 is 0 Å². The molecule has 0 fully saturated rings. The Labute approximate surface area is 122 Å². The molecule has 0 bridgehead atoms. The van der Waals surface area contributed by atoms with Crippen molar-refractivity contribution in [3.8, 4) is 0 Å². The Morgan fingerprint density at radius 1 is 1.45 bits per heavy atom. The van der Waals surface area contributed by atoms with Crippen LogP contribution in [0.15, 0.2) is 12.3 Å². The van der Waals surface area contributed by atoms with Crippen LogP contribution in [0.25, 0.3) is 10.2 Å². The van der Waals surface area contributed by atoms with Crippen LogP contribution in [0.3, 0.4) is 0 Å². The van der Waals surface area contributed by atoms with Gasteiger partial charge >= 0.3 is 0 Å². The first-order chi connectivity index (χ1) is 9.41. The van der Waals surface area contributed by atoms with Gasteiger partial charge in [0, 0.05) is 18.5 Å². The van der Waals surface area contributed by atoms with Gasteiger partial charge in [0.1, 0.15) is 9.71 Å². The van der Waals surface area contributed by atoms with Gasteiger partial charge in [-0.2, -0.15) is 5.10 Å². The van der Waals surface area contributed by atoms with E-state index in [-0.39, 0.29) is 11.9 Å². The van der Waals surface area contributed by atoms with Crippen molar-refractivity contribution >= 4 is 33.1 Å². The summed E-state index contributed by atoms with van der Waals surface area (Å²) in [6.45, 7) is 6.36. The van der Waals surface area contributed by atoms with Gasteiger partial charge in [0.25, 0.3) is 5.91 Å². The van der Waals surface area contributed by atoms with E-state index in [1.807, 2.05) is 7.05 Å². The van der Waals surface area contributed by atoms with E-state index in [1.165, 1.54) is 11.3 Å². The molecule has 0 radical (unpaired) electrons. The van der Waals surface area contributed by atoms with Crippen molar-refractivity contribution in [2.24, 2.45) is 5.92 Å². The second-order valence-electron chi connectivity index (χ2n) is 5.49. The third-order valence-corrected chi connectivity index (χ3v) is 4.50. The Hall–Kier alpha value is -1.69. The number of hydrogen-bond acceptors (Lipinski definition) is 5. The molecule has 2 aromatic heterocycles. The van der Waals surface area contributed by atoms with Crippen molar-refractivity contribution in [1.29, 1.82) is 0 Å². The van der Waals surface area contributed by atoms with E-state index in [9.17, 15) is 4.79 Å². The van der Waals surface area contributed by atoms with Crippen LogP contribution in [-0.4, -0.2) is 34.1 Å². The maximum Gasteiger partial charge on any atom is 0.266 e. The van der Waals surface area contributed by atoms with Crippen molar-refractivity contribution in [3.05, 3.63) is 17.1 Å². The lowest BCUT2D eigenvalue weighted by Gasteiger charge is -2.26. The molecule has 5 nitrogen and oxygen atoms in total. The van der Waals surface area contributed by atoms with E-state index < -0.39 is 0 Å². The SMILES string of the molecule is CC(C)CC(C)N(C)C(=O)c1sc2nnccc2c1N. The molecule has 2 N–H and O–H groups in total. The van der Waals surface area contributed by atoms with Crippen molar-refractivity contribution in [1.82, 2.24) is 15.1 Å². The molecular weight excluding hydrogens is 272 g/mol. The van der Waals surface area contributed by atoms with Crippen LogP contribution in [0.2, 0.25) is 0 Å². The number of aromatic nitrogens is 2. The largest absolute Gasteiger partial charge is 0.397 e. The van der Waals surface area contributed by atoms with Gasteiger partial charge in [0.05, 0.1) is 11.9 Å². The van der Waals surface area contributed by atoms with Gasteiger partial charge in [0.15, 0.2) is 0 Å². The number of thiophene rings is 1. The van der Waals surface area contributed by atoms with E-state index in [0.717, 1.165) is 11.8 Å². The Balaban J connectivity index is 2.29. The summed E-state index contributed by atoms with van der Waals surface area (Å²) in [6.07, 6.45) is 2.55. The quantitative estimate of drug-likeness (QED) is 0.940. The summed E-state index contributed by atoms with van der Waals surface area (Å²) in [5.74, 6) is 0.504. The Morgan fingerprint density at radius 3 is 2.75 bits per heavy atom. The molecule has 0 aliphatic rings. The number of amides is 1. The number of carbonyl (C=O) groups is 1. The van der Waals surface area contributed by atoms with Crippen LogP contribution < -0.4 is 5.73 Å². The Bertz CT molecular complexity index is 623. The Kier molecular flexibility index (Phi) is 4.23. The first-order valence-electron chi connectivity index (χ1n) is 6.68. The fourth-order valence-electron chi connectivity index (χ4n) is 2.23.